The third-order valence-electron chi connectivity index (χ3n) is 3.34. The molecular weight excluding hydrogens is 345 g/mol. The fourth-order valence-electron chi connectivity index (χ4n) is 2.23. The fourth-order valence-corrected chi connectivity index (χ4v) is 2.60. The van der Waals surface area contributed by atoms with Crippen molar-refractivity contribution in [1.29, 1.82) is 0 Å². The van der Waals surface area contributed by atoms with Gasteiger partial charge in [0, 0.05) is 4.47 Å². The molecule has 2 rings (SSSR count). The first-order chi connectivity index (χ1) is 9.70. The summed E-state index contributed by atoms with van der Waals surface area (Å²) in [7, 11) is 0. The van der Waals surface area contributed by atoms with Gasteiger partial charge >= 0.3 is 6.18 Å². The van der Waals surface area contributed by atoms with Gasteiger partial charge in [-0.05, 0) is 42.7 Å². The van der Waals surface area contributed by atoms with E-state index in [1.54, 1.807) is 19.1 Å². The van der Waals surface area contributed by atoms with E-state index in [0.29, 0.717) is 10.0 Å². The molecule has 0 aliphatic heterocycles. The zero-order valence-corrected chi connectivity index (χ0v) is 13.1. The number of halogens is 4. The largest absolute Gasteiger partial charge is 0.416 e. The van der Waals surface area contributed by atoms with Crippen molar-refractivity contribution >= 4 is 15.9 Å². The first kappa shape index (κ1) is 16.0. The number of aliphatic hydroxyl groups is 1. The van der Waals surface area contributed by atoms with Crippen molar-refractivity contribution in [3.63, 3.8) is 0 Å². The summed E-state index contributed by atoms with van der Waals surface area (Å²) in [5.74, 6) is 0. The SMILES string of the molecule is Cc1ccc(C)c(C(O)c2ccc(Br)cc2C(F)(F)F)c1. The molecule has 0 amide bonds. The number of alkyl halides is 3. The average molecular weight is 359 g/mol. The quantitative estimate of drug-likeness (QED) is 0.785. The normalized spacial score (nSPS) is 13.3. The molecule has 0 heterocycles. The lowest BCUT2D eigenvalue weighted by Crippen LogP contribution is -2.13. The number of rotatable bonds is 2. The Hall–Kier alpha value is -1.33. The van der Waals surface area contributed by atoms with E-state index in [2.05, 4.69) is 15.9 Å². The molecule has 0 fully saturated rings. The molecule has 0 saturated heterocycles. The molecule has 0 aromatic heterocycles. The molecule has 0 aliphatic carbocycles. The Kier molecular flexibility index (Phi) is 4.44. The van der Waals surface area contributed by atoms with Crippen molar-refractivity contribution in [2.75, 3.05) is 0 Å². The summed E-state index contributed by atoms with van der Waals surface area (Å²) < 4.78 is 39.8. The number of benzene rings is 2. The van der Waals surface area contributed by atoms with Gasteiger partial charge in [-0.2, -0.15) is 13.2 Å². The number of aliphatic hydroxyl groups excluding tert-OH is 1. The molecule has 0 bridgehead atoms. The summed E-state index contributed by atoms with van der Waals surface area (Å²) in [5, 5.41) is 10.4. The smallest absolute Gasteiger partial charge is 0.384 e. The Morgan fingerprint density at radius 2 is 1.67 bits per heavy atom. The number of hydrogen-bond donors (Lipinski definition) is 1. The van der Waals surface area contributed by atoms with Crippen LogP contribution in [-0.2, 0) is 6.18 Å². The van der Waals surface area contributed by atoms with Crippen LogP contribution in [0.15, 0.2) is 40.9 Å². The average Bonchev–Trinajstić information content (AvgIpc) is 2.40. The Morgan fingerprint density at radius 3 is 2.29 bits per heavy atom. The minimum atomic E-state index is -4.52. The highest BCUT2D eigenvalue weighted by Gasteiger charge is 2.35. The van der Waals surface area contributed by atoms with Crippen molar-refractivity contribution in [3.8, 4) is 0 Å². The van der Waals surface area contributed by atoms with Gasteiger partial charge < -0.3 is 5.11 Å². The standard InChI is InChI=1S/C16H14BrF3O/c1-9-3-4-10(2)13(7-9)15(21)12-6-5-11(17)8-14(12)16(18,19)20/h3-8,15,21H,1-2H3. The van der Waals surface area contributed by atoms with Crippen LogP contribution in [0.2, 0.25) is 0 Å². The van der Waals surface area contributed by atoms with E-state index >= 15 is 0 Å². The number of hydrogen-bond acceptors (Lipinski definition) is 1. The van der Waals surface area contributed by atoms with E-state index in [4.69, 9.17) is 0 Å². The highest BCUT2D eigenvalue weighted by Crippen LogP contribution is 2.38. The molecule has 0 aliphatic rings. The van der Waals surface area contributed by atoms with Gasteiger partial charge in [0.15, 0.2) is 0 Å². The van der Waals surface area contributed by atoms with Gasteiger partial charge in [0.1, 0.15) is 6.10 Å². The lowest BCUT2D eigenvalue weighted by Gasteiger charge is -2.20. The molecule has 112 valence electrons. The molecule has 0 saturated carbocycles. The summed E-state index contributed by atoms with van der Waals surface area (Å²) >= 11 is 3.04. The molecule has 1 nitrogen and oxygen atoms in total. The maximum Gasteiger partial charge on any atom is 0.416 e. The molecule has 0 radical (unpaired) electrons. The van der Waals surface area contributed by atoms with E-state index in [1.807, 2.05) is 13.0 Å². The maximum atomic E-state index is 13.2. The van der Waals surface area contributed by atoms with Crippen LogP contribution in [0.5, 0.6) is 0 Å². The summed E-state index contributed by atoms with van der Waals surface area (Å²) in [4.78, 5) is 0. The molecule has 21 heavy (non-hydrogen) atoms. The Bertz CT molecular complexity index is 665. The highest BCUT2D eigenvalue weighted by molar-refractivity contribution is 9.10. The second-order valence-electron chi connectivity index (χ2n) is 4.99. The van der Waals surface area contributed by atoms with Crippen LogP contribution in [0.1, 0.15) is 33.9 Å². The van der Waals surface area contributed by atoms with Gasteiger partial charge in [0.2, 0.25) is 0 Å². The van der Waals surface area contributed by atoms with Crippen molar-refractivity contribution in [2.45, 2.75) is 26.1 Å². The molecule has 2 aromatic rings. The maximum absolute atomic E-state index is 13.2. The fraction of sp³-hybridized carbons (Fsp3) is 0.250. The summed E-state index contributed by atoms with van der Waals surface area (Å²) in [6.07, 6.45) is -5.83. The van der Waals surface area contributed by atoms with Gasteiger partial charge in [-0.25, -0.2) is 0 Å². The zero-order chi connectivity index (χ0) is 15.8. The van der Waals surface area contributed by atoms with Gasteiger partial charge in [-0.1, -0.05) is 45.8 Å². The molecule has 1 atom stereocenters. The minimum absolute atomic E-state index is 0.139. The molecule has 5 heteroatoms. The van der Waals surface area contributed by atoms with Crippen molar-refractivity contribution in [2.24, 2.45) is 0 Å². The van der Waals surface area contributed by atoms with Gasteiger partial charge in [-0.3, -0.25) is 0 Å². The second kappa shape index (κ2) is 5.81. The monoisotopic (exact) mass is 358 g/mol. The predicted octanol–water partition coefficient (Wildman–Crippen LogP) is 5.17. The Labute approximate surface area is 129 Å². The topological polar surface area (TPSA) is 20.2 Å². The Balaban J connectivity index is 2.58. The number of aryl methyl sites for hydroxylation is 2. The lowest BCUT2D eigenvalue weighted by atomic mass is 9.93. The summed E-state index contributed by atoms with van der Waals surface area (Å²) in [6.45, 7) is 3.60. The van der Waals surface area contributed by atoms with Gasteiger partial charge in [0.05, 0.1) is 5.56 Å². The van der Waals surface area contributed by atoms with E-state index in [9.17, 15) is 18.3 Å². The van der Waals surface area contributed by atoms with Crippen LogP contribution in [-0.4, -0.2) is 5.11 Å². The second-order valence-corrected chi connectivity index (χ2v) is 5.91. The molecule has 0 spiro atoms. The van der Waals surface area contributed by atoms with Gasteiger partial charge in [0.25, 0.3) is 0 Å². The third kappa shape index (κ3) is 3.47. The van der Waals surface area contributed by atoms with Crippen LogP contribution < -0.4 is 0 Å². The zero-order valence-electron chi connectivity index (χ0n) is 11.5. The molecule has 1 unspecified atom stereocenters. The first-order valence-electron chi connectivity index (χ1n) is 6.32. The first-order valence-corrected chi connectivity index (χ1v) is 7.11. The minimum Gasteiger partial charge on any atom is -0.384 e. The van der Waals surface area contributed by atoms with Crippen LogP contribution in [0.25, 0.3) is 0 Å². The summed E-state index contributed by atoms with van der Waals surface area (Å²) in [5.41, 5.74) is 1.16. The summed E-state index contributed by atoms with van der Waals surface area (Å²) in [6, 6.07) is 9.15. The van der Waals surface area contributed by atoms with E-state index < -0.39 is 17.8 Å². The van der Waals surface area contributed by atoms with E-state index in [1.165, 1.54) is 12.1 Å². The van der Waals surface area contributed by atoms with Crippen molar-refractivity contribution in [3.05, 3.63) is 68.7 Å². The van der Waals surface area contributed by atoms with E-state index in [-0.39, 0.29) is 5.56 Å². The van der Waals surface area contributed by atoms with Gasteiger partial charge in [-0.15, -0.1) is 0 Å². The molecular formula is C16H14BrF3O. The van der Waals surface area contributed by atoms with Crippen LogP contribution in [0, 0.1) is 13.8 Å². The van der Waals surface area contributed by atoms with Crippen molar-refractivity contribution < 1.29 is 18.3 Å². The predicted molar refractivity (Wildman–Crippen MR) is 79.1 cm³/mol. The van der Waals surface area contributed by atoms with Crippen LogP contribution in [0.3, 0.4) is 0 Å². The van der Waals surface area contributed by atoms with Crippen LogP contribution >= 0.6 is 15.9 Å². The molecule has 2 aromatic carbocycles. The highest BCUT2D eigenvalue weighted by atomic mass is 79.9. The van der Waals surface area contributed by atoms with Crippen LogP contribution in [0.4, 0.5) is 13.2 Å². The van der Waals surface area contributed by atoms with Crippen molar-refractivity contribution in [1.82, 2.24) is 0 Å². The Morgan fingerprint density at radius 1 is 1.00 bits per heavy atom. The molecule has 1 N–H and O–H groups in total. The lowest BCUT2D eigenvalue weighted by molar-refractivity contribution is -0.139. The van der Waals surface area contributed by atoms with E-state index in [0.717, 1.165) is 17.2 Å². The third-order valence-corrected chi connectivity index (χ3v) is 3.84.